The van der Waals surface area contributed by atoms with E-state index in [-0.39, 0.29) is 18.3 Å². The molecular formula is C28H31F3N4O. The highest BCUT2D eigenvalue weighted by Gasteiger charge is 2.42. The van der Waals surface area contributed by atoms with Crippen LogP contribution < -0.4 is 15.8 Å². The van der Waals surface area contributed by atoms with Crippen molar-refractivity contribution in [3.8, 4) is 17.0 Å². The van der Waals surface area contributed by atoms with Gasteiger partial charge in [-0.2, -0.15) is 13.2 Å². The molecule has 36 heavy (non-hydrogen) atoms. The van der Waals surface area contributed by atoms with Crippen molar-refractivity contribution in [2.24, 2.45) is 10.9 Å². The number of hydrogen-bond donors (Lipinski definition) is 2. The van der Waals surface area contributed by atoms with Crippen molar-refractivity contribution >= 4 is 28.5 Å². The number of halogens is 3. The minimum absolute atomic E-state index is 0.233. The van der Waals surface area contributed by atoms with Gasteiger partial charge in [0.2, 0.25) is 5.88 Å². The van der Waals surface area contributed by atoms with Gasteiger partial charge in [-0.05, 0) is 69.7 Å². The van der Waals surface area contributed by atoms with Crippen LogP contribution in [0.5, 0.6) is 5.75 Å². The van der Waals surface area contributed by atoms with E-state index in [1.54, 1.807) is 12.1 Å². The van der Waals surface area contributed by atoms with E-state index in [2.05, 4.69) is 40.9 Å². The van der Waals surface area contributed by atoms with Gasteiger partial charge >= 0.3 is 6.18 Å². The summed E-state index contributed by atoms with van der Waals surface area (Å²) in [4.78, 5) is 3.96. The Morgan fingerprint density at radius 1 is 1.11 bits per heavy atom. The Bertz CT molecular complexity index is 1330. The lowest BCUT2D eigenvalue weighted by Crippen LogP contribution is -2.24. The van der Waals surface area contributed by atoms with Crippen LogP contribution in [0.4, 0.5) is 24.5 Å². The lowest BCUT2D eigenvalue weighted by atomic mass is 9.92. The van der Waals surface area contributed by atoms with Crippen molar-refractivity contribution in [2.75, 3.05) is 11.1 Å². The number of allylic oxidation sites excluding steroid dienone is 1. The van der Waals surface area contributed by atoms with E-state index in [0.29, 0.717) is 17.5 Å². The molecule has 190 valence electrons. The predicted octanol–water partition coefficient (Wildman–Crippen LogP) is 7.70. The average molecular weight is 497 g/mol. The lowest BCUT2D eigenvalue weighted by molar-refractivity contribution is -0.101. The summed E-state index contributed by atoms with van der Waals surface area (Å²) >= 11 is 0. The fourth-order valence-corrected chi connectivity index (χ4v) is 5.04. The van der Waals surface area contributed by atoms with Gasteiger partial charge in [0.1, 0.15) is 5.75 Å². The number of benzene rings is 2. The normalized spacial score (nSPS) is 18.7. The molecule has 1 aliphatic carbocycles. The van der Waals surface area contributed by atoms with Crippen LogP contribution in [0.3, 0.4) is 0 Å². The monoisotopic (exact) mass is 496 g/mol. The zero-order valence-electron chi connectivity index (χ0n) is 20.7. The number of nitrogens with two attached hydrogens (primary N) is 1. The van der Waals surface area contributed by atoms with Crippen molar-refractivity contribution in [3.05, 3.63) is 53.9 Å². The summed E-state index contributed by atoms with van der Waals surface area (Å²) in [6, 6.07) is 14.1. The SMILES string of the molecule is CC(C)Nc1ccc(-c2c(N)c3ccc(OC4=C(C(F)(F)F)C(C)CC=N4)cc3n2C2CCC2)cc1. The Morgan fingerprint density at radius 2 is 1.83 bits per heavy atom. The van der Waals surface area contributed by atoms with E-state index in [1.165, 1.54) is 13.1 Å². The maximum absolute atomic E-state index is 13.7. The summed E-state index contributed by atoms with van der Waals surface area (Å²) in [5.74, 6) is -0.786. The first-order chi connectivity index (χ1) is 17.1. The van der Waals surface area contributed by atoms with Gasteiger partial charge in [-0.1, -0.05) is 19.1 Å². The molecule has 0 amide bonds. The number of alkyl halides is 3. The first-order valence-corrected chi connectivity index (χ1v) is 12.5. The molecule has 0 bridgehead atoms. The number of aromatic nitrogens is 1. The van der Waals surface area contributed by atoms with E-state index in [1.807, 2.05) is 18.2 Å². The number of anilines is 2. The van der Waals surface area contributed by atoms with Crippen molar-refractivity contribution in [3.63, 3.8) is 0 Å². The minimum Gasteiger partial charge on any atom is -0.439 e. The Balaban J connectivity index is 1.59. The molecule has 2 aliphatic rings. The molecule has 0 spiro atoms. The fourth-order valence-electron chi connectivity index (χ4n) is 5.04. The molecule has 0 saturated heterocycles. The largest absolute Gasteiger partial charge is 0.439 e. The molecular weight excluding hydrogens is 465 g/mol. The smallest absolute Gasteiger partial charge is 0.418 e. The van der Waals surface area contributed by atoms with Gasteiger partial charge in [-0.15, -0.1) is 0 Å². The maximum Gasteiger partial charge on any atom is 0.418 e. The van der Waals surface area contributed by atoms with Crippen LogP contribution in [0, 0.1) is 5.92 Å². The maximum atomic E-state index is 13.7. The number of rotatable bonds is 6. The molecule has 1 aromatic heterocycles. The van der Waals surface area contributed by atoms with Crippen LogP contribution >= 0.6 is 0 Å². The van der Waals surface area contributed by atoms with Crippen molar-refractivity contribution in [2.45, 2.75) is 64.7 Å². The van der Waals surface area contributed by atoms with Crippen molar-refractivity contribution in [1.29, 1.82) is 0 Å². The zero-order valence-corrected chi connectivity index (χ0v) is 20.7. The molecule has 1 atom stereocenters. The van der Waals surface area contributed by atoms with Crippen LogP contribution in [0.25, 0.3) is 22.2 Å². The van der Waals surface area contributed by atoms with Gasteiger partial charge in [0, 0.05) is 41.0 Å². The summed E-state index contributed by atoms with van der Waals surface area (Å²) < 4.78 is 49.2. The van der Waals surface area contributed by atoms with Crippen LogP contribution in [0.15, 0.2) is 58.9 Å². The molecule has 2 heterocycles. The summed E-state index contributed by atoms with van der Waals surface area (Å²) in [5.41, 5.74) is 10.4. The second-order valence-electron chi connectivity index (χ2n) is 10.0. The first-order valence-electron chi connectivity index (χ1n) is 12.5. The molecule has 5 rings (SSSR count). The number of ether oxygens (including phenoxy) is 1. The molecule has 2 aromatic carbocycles. The van der Waals surface area contributed by atoms with Gasteiger partial charge in [0.15, 0.2) is 0 Å². The topological polar surface area (TPSA) is 64.6 Å². The number of nitrogens with one attached hydrogen (secondary N) is 1. The summed E-state index contributed by atoms with van der Waals surface area (Å²) in [6.07, 6.45) is 0.400. The molecule has 1 unspecified atom stereocenters. The average Bonchev–Trinajstić information content (AvgIpc) is 3.03. The molecule has 8 heteroatoms. The molecule has 1 fully saturated rings. The standard InChI is InChI=1S/C28H31F3N4O/c1-16(2)34-19-9-7-18(8-10-19)26-25(32)22-12-11-21(15-23(22)35(26)20-5-4-6-20)36-27-24(28(29,30)31)17(3)13-14-33-27/h7-12,14-17,20,34H,4-6,13,32H2,1-3H3. The number of nitrogen functional groups attached to an aromatic ring is 1. The van der Waals surface area contributed by atoms with Crippen LogP contribution in [0.1, 0.15) is 52.5 Å². The van der Waals surface area contributed by atoms with Gasteiger partial charge in [-0.3, -0.25) is 0 Å². The summed E-state index contributed by atoms with van der Waals surface area (Å²) in [7, 11) is 0. The highest BCUT2D eigenvalue weighted by molar-refractivity contribution is 6.01. The molecule has 5 nitrogen and oxygen atoms in total. The lowest BCUT2D eigenvalue weighted by Gasteiger charge is -2.30. The van der Waals surface area contributed by atoms with Gasteiger partial charge < -0.3 is 20.4 Å². The predicted molar refractivity (Wildman–Crippen MR) is 139 cm³/mol. The van der Waals surface area contributed by atoms with Crippen molar-refractivity contribution < 1.29 is 17.9 Å². The van der Waals surface area contributed by atoms with Gasteiger partial charge in [0.05, 0.1) is 22.5 Å². The summed E-state index contributed by atoms with van der Waals surface area (Å²) in [5, 5.41) is 4.26. The zero-order chi connectivity index (χ0) is 25.6. The highest BCUT2D eigenvalue weighted by Crippen LogP contribution is 2.45. The summed E-state index contributed by atoms with van der Waals surface area (Å²) in [6.45, 7) is 5.72. The van der Waals surface area contributed by atoms with Gasteiger partial charge in [-0.25, -0.2) is 4.99 Å². The Hall–Kier alpha value is -3.42. The van der Waals surface area contributed by atoms with Crippen LogP contribution in [-0.2, 0) is 0 Å². The molecule has 3 aromatic rings. The molecule has 1 saturated carbocycles. The highest BCUT2D eigenvalue weighted by atomic mass is 19.4. The molecule has 0 radical (unpaired) electrons. The van der Waals surface area contributed by atoms with E-state index in [9.17, 15) is 13.2 Å². The fraction of sp³-hybridized carbons (Fsp3) is 0.393. The van der Waals surface area contributed by atoms with E-state index in [0.717, 1.165) is 47.1 Å². The van der Waals surface area contributed by atoms with Crippen molar-refractivity contribution in [1.82, 2.24) is 4.57 Å². The Morgan fingerprint density at radius 3 is 2.44 bits per heavy atom. The van der Waals surface area contributed by atoms with Gasteiger partial charge in [0.25, 0.3) is 0 Å². The number of nitrogens with zero attached hydrogens (tertiary/aromatic N) is 2. The quantitative estimate of drug-likeness (QED) is 0.368. The van der Waals surface area contributed by atoms with Crippen LogP contribution in [0.2, 0.25) is 0 Å². The minimum atomic E-state index is -4.50. The van der Waals surface area contributed by atoms with E-state index >= 15 is 0 Å². The Labute approximate surface area is 208 Å². The second kappa shape index (κ2) is 9.22. The number of aliphatic imine (C=N–C) groups is 1. The van der Waals surface area contributed by atoms with E-state index < -0.39 is 17.7 Å². The van der Waals surface area contributed by atoms with E-state index in [4.69, 9.17) is 10.5 Å². The third-order valence-corrected chi connectivity index (χ3v) is 6.98. The number of fused-ring (bicyclic) bond motifs is 1. The number of hydrogen-bond acceptors (Lipinski definition) is 4. The first kappa shape index (κ1) is 24.3. The third-order valence-electron chi connectivity index (χ3n) is 6.98. The Kier molecular flexibility index (Phi) is 6.22. The second-order valence-corrected chi connectivity index (χ2v) is 10.0. The molecule has 1 aliphatic heterocycles. The van der Waals surface area contributed by atoms with Crippen LogP contribution in [-0.4, -0.2) is 23.0 Å². The molecule has 3 N–H and O–H groups in total. The third kappa shape index (κ3) is 4.45.